The molecule has 7 nitrogen and oxygen atoms in total. The number of rotatable bonds is 8. The lowest BCUT2D eigenvalue weighted by atomic mass is 10.1. The highest BCUT2D eigenvalue weighted by Gasteiger charge is 2.26. The number of fused-ring (bicyclic) bond motifs is 1. The van der Waals surface area contributed by atoms with Crippen molar-refractivity contribution in [3.63, 3.8) is 0 Å². The first-order valence-corrected chi connectivity index (χ1v) is 12.2. The topological polar surface area (TPSA) is 61.4 Å². The van der Waals surface area contributed by atoms with Crippen molar-refractivity contribution < 1.29 is 9.57 Å². The van der Waals surface area contributed by atoms with Gasteiger partial charge < -0.3 is 25.1 Å². The number of hydrogen-bond donors (Lipinski definition) is 2. The number of oxime groups is 1. The van der Waals surface area contributed by atoms with Crippen molar-refractivity contribution in [1.82, 2.24) is 4.90 Å². The molecule has 1 unspecified atom stereocenters. The van der Waals surface area contributed by atoms with Gasteiger partial charge in [-0.15, -0.1) is 0 Å². The van der Waals surface area contributed by atoms with E-state index in [4.69, 9.17) is 9.57 Å². The van der Waals surface area contributed by atoms with Crippen molar-refractivity contribution in [3.05, 3.63) is 48.0 Å². The highest BCUT2D eigenvalue weighted by molar-refractivity contribution is 5.89. The summed E-state index contributed by atoms with van der Waals surface area (Å²) in [7, 11) is 0. The molecule has 3 aliphatic rings. The molecule has 5 rings (SSSR count). The Morgan fingerprint density at radius 2 is 2.00 bits per heavy atom. The van der Waals surface area contributed by atoms with E-state index in [9.17, 15) is 0 Å². The van der Waals surface area contributed by atoms with E-state index in [1.807, 2.05) is 6.07 Å². The third kappa shape index (κ3) is 5.36. The fourth-order valence-electron chi connectivity index (χ4n) is 4.82. The van der Waals surface area contributed by atoms with Crippen molar-refractivity contribution in [2.75, 3.05) is 61.3 Å². The molecule has 0 aliphatic carbocycles. The maximum atomic E-state index is 6.02. The second kappa shape index (κ2) is 9.91. The molecule has 3 aliphatic heterocycles. The van der Waals surface area contributed by atoms with Gasteiger partial charge in [-0.3, -0.25) is 4.90 Å². The average Bonchev–Trinajstić information content (AvgIpc) is 3.47. The number of nitrogens with zero attached hydrogens (tertiary/aromatic N) is 3. The maximum absolute atomic E-state index is 6.02. The van der Waals surface area contributed by atoms with E-state index >= 15 is 0 Å². The van der Waals surface area contributed by atoms with Crippen LogP contribution in [0.4, 0.5) is 17.1 Å². The van der Waals surface area contributed by atoms with E-state index in [2.05, 4.69) is 75.8 Å². The van der Waals surface area contributed by atoms with Crippen LogP contribution in [0.15, 0.2) is 47.6 Å². The molecule has 1 atom stereocenters. The van der Waals surface area contributed by atoms with E-state index in [1.165, 1.54) is 16.9 Å². The first-order valence-electron chi connectivity index (χ1n) is 12.2. The summed E-state index contributed by atoms with van der Waals surface area (Å²) in [6.45, 7) is 10.9. The van der Waals surface area contributed by atoms with Crippen LogP contribution in [0.1, 0.15) is 25.8 Å². The Kier molecular flexibility index (Phi) is 6.58. The Bertz CT molecular complexity index is 984. The smallest absolute Gasteiger partial charge is 0.145 e. The standard InChI is InChI=1S/C26H35N5O2/c1-19(2)32-26-6-4-3-5-25(26)31-13-11-30(12-14-31)18-23-15-22(29-33-23)17-28-21-8-7-20-9-10-27-24(20)16-21/h3-8,16,19,23,27-28H,9-15,17-18H2,1-2H3. The van der Waals surface area contributed by atoms with E-state index in [0.717, 1.165) is 75.8 Å². The van der Waals surface area contributed by atoms with Crippen LogP contribution in [-0.4, -0.2) is 68.6 Å². The highest BCUT2D eigenvalue weighted by atomic mass is 16.6. The van der Waals surface area contributed by atoms with Crippen LogP contribution in [0.5, 0.6) is 5.75 Å². The summed E-state index contributed by atoms with van der Waals surface area (Å²) in [5.41, 5.74) is 6.07. The SMILES string of the molecule is CC(C)Oc1ccccc1N1CCN(CC2CC(CNc3ccc4c(c3)NCC4)=NO2)CC1. The number of anilines is 3. The maximum Gasteiger partial charge on any atom is 0.145 e. The minimum Gasteiger partial charge on any atom is -0.489 e. The third-order valence-electron chi connectivity index (χ3n) is 6.51. The van der Waals surface area contributed by atoms with Gasteiger partial charge in [0.25, 0.3) is 0 Å². The van der Waals surface area contributed by atoms with Crippen molar-refractivity contribution in [1.29, 1.82) is 0 Å². The number of piperazine rings is 1. The lowest BCUT2D eigenvalue weighted by Crippen LogP contribution is -2.48. The number of hydrogen-bond acceptors (Lipinski definition) is 7. The van der Waals surface area contributed by atoms with Gasteiger partial charge in [0.1, 0.15) is 11.9 Å². The zero-order valence-electron chi connectivity index (χ0n) is 19.7. The summed E-state index contributed by atoms with van der Waals surface area (Å²) in [5, 5.41) is 11.3. The van der Waals surface area contributed by atoms with Gasteiger partial charge in [0.2, 0.25) is 0 Å². The summed E-state index contributed by atoms with van der Waals surface area (Å²) in [4.78, 5) is 10.7. The molecule has 33 heavy (non-hydrogen) atoms. The third-order valence-corrected chi connectivity index (χ3v) is 6.51. The van der Waals surface area contributed by atoms with Gasteiger partial charge in [0.05, 0.1) is 24.0 Å². The second-order valence-electron chi connectivity index (χ2n) is 9.41. The molecule has 0 aromatic heterocycles. The van der Waals surface area contributed by atoms with Crippen LogP contribution in [0, 0.1) is 0 Å². The molecule has 0 spiro atoms. The normalized spacial score (nSPS) is 20.3. The van der Waals surface area contributed by atoms with Crippen molar-refractivity contribution in [2.45, 2.75) is 38.9 Å². The zero-order valence-corrected chi connectivity index (χ0v) is 19.7. The predicted molar refractivity (Wildman–Crippen MR) is 135 cm³/mol. The molecule has 0 bridgehead atoms. The molecule has 1 fully saturated rings. The predicted octanol–water partition coefficient (Wildman–Crippen LogP) is 3.82. The summed E-state index contributed by atoms with van der Waals surface area (Å²) >= 11 is 0. The fraction of sp³-hybridized carbons (Fsp3) is 0.500. The van der Waals surface area contributed by atoms with Crippen LogP contribution >= 0.6 is 0 Å². The van der Waals surface area contributed by atoms with Crippen molar-refractivity contribution >= 4 is 22.8 Å². The Balaban J connectivity index is 1.06. The monoisotopic (exact) mass is 449 g/mol. The van der Waals surface area contributed by atoms with Crippen LogP contribution in [-0.2, 0) is 11.3 Å². The van der Waals surface area contributed by atoms with E-state index in [-0.39, 0.29) is 12.2 Å². The van der Waals surface area contributed by atoms with Gasteiger partial charge in [-0.25, -0.2) is 0 Å². The first kappa shape index (κ1) is 21.9. The Labute approximate surface area is 196 Å². The minimum atomic E-state index is 0.145. The molecular formula is C26H35N5O2. The van der Waals surface area contributed by atoms with Gasteiger partial charge >= 0.3 is 0 Å². The van der Waals surface area contributed by atoms with Gasteiger partial charge in [0, 0.05) is 57.1 Å². The molecular weight excluding hydrogens is 414 g/mol. The molecule has 0 amide bonds. The second-order valence-corrected chi connectivity index (χ2v) is 9.41. The molecule has 0 saturated carbocycles. The van der Waals surface area contributed by atoms with Crippen LogP contribution in [0.2, 0.25) is 0 Å². The molecule has 2 N–H and O–H groups in total. The number of benzene rings is 2. The minimum absolute atomic E-state index is 0.145. The largest absolute Gasteiger partial charge is 0.489 e. The molecule has 0 radical (unpaired) electrons. The van der Waals surface area contributed by atoms with Gasteiger partial charge in [0.15, 0.2) is 0 Å². The van der Waals surface area contributed by atoms with Gasteiger partial charge in [-0.2, -0.15) is 0 Å². The zero-order chi connectivity index (χ0) is 22.6. The van der Waals surface area contributed by atoms with E-state index in [1.54, 1.807) is 0 Å². The number of para-hydroxylation sites is 2. The number of ether oxygens (including phenoxy) is 1. The first-order chi connectivity index (χ1) is 16.1. The summed E-state index contributed by atoms with van der Waals surface area (Å²) in [6, 6.07) is 14.9. The summed E-state index contributed by atoms with van der Waals surface area (Å²) < 4.78 is 6.02. The average molecular weight is 450 g/mol. The molecule has 7 heteroatoms. The lowest BCUT2D eigenvalue weighted by Gasteiger charge is -2.37. The molecule has 2 aromatic carbocycles. The van der Waals surface area contributed by atoms with Crippen LogP contribution < -0.4 is 20.3 Å². The van der Waals surface area contributed by atoms with Gasteiger partial charge in [-0.1, -0.05) is 23.4 Å². The Morgan fingerprint density at radius 3 is 2.85 bits per heavy atom. The molecule has 3 heterocycles. The quantitative estimate of drug-likeness (QED) is 0.639. The van der Waals surface area contributed by atoms with E-state index in [0.29, 0.717) is 0 Å². The fourth-order valence-corrected chi connectivity index (χ4v) is 4.82. The molecule has 1 saturated heterocycles. The summed E-state index contributed by atoms with van der Waals surface area (Å²) in [5.74, 6) is 0.977. The van der Waals surface area contributed by atoms with E-state index < -0.39 is 0 Å². The van der Waals surface area contributed by atoms with Crippen LogP contribution in [0.25, 0.3) is 0 Å². The molecule has 2 aromatic rings. The molecule has 176 valence electrons. The van der Waals surface area contributed by atoms with Crippen LogP contribution in [0.3, 0.4) is 0 Å². The van der Waals surface area contributed by atoms with Crippen molar-refractivity contribution in [2.24, 2.45) is 5.16 Å². The van der Waals surface area contributed by atoms with Gasteiger partial charge in [-0.05, 0) is 50.1 Å². The van der Waals surface area contributed by atoms with Crippen molar-refractivity contribution in [3.8, 4) is 5.75 Å². The Hall–Kier alpha value is -2.93. The highest BCUT2D eigenvalue weighted by Crippen LogP contribution is 2.30. The lowest BCUT2D eigenvalue weighted by molar-refractivity contribution is 0.0510. The summed E-state index contributed by atoms with van der Waals surface area (Å²) in [6.07, 6.45) is 2.33. The number of nitrogens with one attached hydrogen (secondary N) is 2. The Morgan fingerprint density at radius 1 is 1.15 bits per heavy atom.